The molecule has 19 heavy (non-hydrogen) atoms. The first-order chi connectivity index (χ1) is 9.24. The van der Waals surface area contributed by atoms with Gasteiger partial charge in [-0.3, -0.25) is 0 Å². The van der Waals surface area contributed by atoms with Crippen LogP contribution in [0.3, 0.4) is 0 Å². The highest BCUT2D eigenvalue weighted by molar-refractivity contribution is 5.82. The molecule has 3 aromatic rings. The molecule has 0 saturated carbocycles. The molecule has 96 valence electrons. The number of hydrogen-bond donors (Lipinski definition) is 1. The monoisotopic (exact) mass is 255 g/mol. The van der Waals surface area contributed by atoms with E-state index >= 15 is 0 Å². The van der Waals surface area contributed by atoms with Crippen LogP contribution in [-0.4, -0.2) is 0 Å². The fourth-order valence-electron chi connectivity index (χ4n) is 2.20. The minimum atomic E-state index is -0.226. The molecule has 0 amide bonds. The quantitative estimate of drug-likeness (QED) is 0.745. The second-order valence-corrected chi connectivity index (χ2v) is 4.49. The summed E-state index contributed by atoms with van der Waals surface area (Å²) in [4.78, 5) is 0. The molecular formula is C16H14FNO. The van der Waals surface area contributed by atoms with Gasteiger partial charge in [-0.2, -0.15) is 0 Å². The van der Waals surface area contributed by atoms with Crippen molar-refractivity contribution in [3.63, 3.8) is 0 Å². The number of anilines is 1. The summed E-state index contributed by atoms with van der Waals surface area (Å²) in [7, 11) is 0. The average Bonchev–Trinajstić information content (AvgIpc) is 2.74. The third-order valence-electron chi connectivity index (χ3n) is 3.21. The van der Waals surface area contributed by atoms with Crippen molar-refractivity contribution in [2.75, 3.05) is 5.32 Å². The molecule has 0 bridgehead atoms. The lowest BCUT2D eigenvalue weighted by Crippen LogP contribution is -1.99. The van der Waals surface area contributed by atoms with Gasteiger partial charge in [-0.1, -0.05) is 18.2 Å². The normalized spacial score (nSPS) is 10.8. The minimum Gasteiger partial charge on any atom is -0.461 e. The smallest absolute Gasteiger partial charge is 0.134 e. The van der Waals surface area contributed by atoms with Crippen molar-refractivity contribution in [3.8, 4) is 0 Å². The highest BCUT2D eigenvalue weighted by atomic mass is 19.1. The predicted octanol–water partition coefficient (Wildman–Crippen LogP) is 4.49. The summed E-state index contributed by atoms with van der Waals surface area (Å²) in [5.74, 6) is 0.686. The number of furan rings is 1. The van der Waals surface area contributed by atoms with E-state index in [1.165, 1.54) is 12.1 Å². The zero-order valence-corrected chi connectivity index (χ0v) is 10.6. The highest BCUT2D eigenvalue weighted by Crippen LogP contribution is 2.25. The topological polar surface area (TPSA) is 25.2 Å². The van der Waals surface area contributed by atoms with Gasteiger partial charge in [0.15, 0.2) is 0 Å². The van der Waals surface area contributed by atoms with E-state index in [1.54, 1.807) is 12.1 Å². The molecule has 1 N–H and O–H groups in total. The molecule has 0 aliphatic heterocycles. The molecule has 1 heterocycles. The van der Waals surface area contributed by atoms with E-state index in [0.717, 1.165) is 28.0 Å². The van der Waals surface area contributed by atoms with Gasteiger partial charge in [0.1, 0.15) is 17.2 Å². The number of benzene rings is 2. The molecule has 0 aliphatic carbocycles. The molecule has 0 aliphatic rings. The Kier molecular flexibility index (Phi) is 2.95. The van der Waals surface area contributed by atoms with Crippen LogP contribution in [0.4, 0.5) is 10.1 Å². The van der Waals surface area contributed by atoms with Crippen molar-refractivity contribution in [1.82, 2.24) is 0 Å². The van der Waals surface area contributed by atoms with Crippen molar-refractivity contribution in [2.45, 2.75) is 13.5 Å². The molecule has 3 heteroatoms. The van der Waals surface area contributed by atoms with Crippen LogP contribution in [0.5, 0.6) is 0 Å². The number of para-hydroxylation sites is 1. The molecule has 0 saturated heterocycles. The molecule has 0 spiro atoms. The first-order valence-corrected chi connectivity index (χ1v) is 6.20. The van der Waals surface area contributed by atoms with E-state index < -0.39 is 0 Å². The van der Waals surface area contributed by atoms with Crippen molar-refractivity contribution < 1.29 is 8.81 Å². The van der Waals surface area contributed by atoms with Crippen LogP contribution in [0.25, 0.3) is 11.0 Å². The maximum absolute atomic E-state index is 12.8. The van der Waals surface area contributed by atoms with Gasteiger partial charge in [0.05, 0.1) is 0 Å². The van der Waals surface area contributed by atoms with Gasteiger partial charge in [0.2, 0.25) is 0 Å². The number of rotatable bonds is 3. The number of hydrogen-bond acceptors (Lipinski definition) is 2. The SMILES string of the molecule is Cc1oc2ccccc2c1CNc1ccc(F)cc1. The maximum Gasteiger partial charge on any atom is 0.134 e. The maximum atomic E-state index is 12.8. The van der Waals surface area contributed by atoms with E-state index in [1.807, 2.05) is 31.2 Å². The standard InChI is InChI=1S/C16H14FNO/c1-11-15(14-4-2-3-5-16(14)19-11)10-18-13-8-6-12(17)7-9-13/h2-9,18H,10H2,1H3. The van der Waals surface area contributed by atoms with Gasteiger partial charge >= 0.3 is 0 Å². The third kappa shape index (κ3) is 2.32. The molecule has 0 atom stereocenters. The van der Waals surface area contributed by atoms with Crippen LogP contribution in [-0.2, 0) is 6.54 Å². The van der Waals surface area contributed by atoms with Crippen LogP contribution in [0.15, 0.2) is 52.9 Å². The Morgan fingerprint density at radius 2 is 1.79 bits per heavy atom. The van der Waals surface area contributed by atoms with E-state index in [9.17, 15) is 4.39 Å². The van der Waals surface area contributed by atoms with Gasteiger partial charge in [-0.05, 0) is 37.3 Å². The fourth-order valence-corrected chi connectivity index (χ4v) is 2.20. The molecule has 2 nitrogen and oxygen atoms in total. The lowest BCUT2D eigenvalue weighted by atomic mass is 10.1. The van der Waals surface area contributed by atoms with Gasteiger partial charge in [0.25, 0.3) is 0 Å². The molecule has 3 rings (SSSR count). The van der Waals surface area contributed by atoms with Crippen LogP contribution in [0, 0.1) is 12.7 Å². The van der Waals surface area contributed by atoms with E-state index in [2.05, 4.69) is 5.32 Å². The van der Waals surface area contributed by atoms with Crippen molar-refractivity contribution in [2.24, 2.45) is 0 Å². The van der Waals surface area contributed by atoms with Crippen LogP contribution in [0.2, 0.25) is 0 Å². The average molecular weight is 255 g/mol. The second kappa shape index (κ2) is 4.76. The molecule has 0 unspecified atom stereocenters. The largest absolute Gasteiger partial charge is 0.461 e. The van der Waals surface area contributed by atoms with Crippen LogP contribution in [0.1, 0.15) is 11.3 Å². The lowest BCUT2D eigenvalue weighted by Gasteiger charge is -2.05. The fraction of sp³-hybridized carbons (Fsp3) is 0.125. The Morgan fingerprint density at radius 1 is 1.05 bits per heavy atom. The molecule has 2 aromatic carbocycles. The summed E-state index contributed by atoms with van der Waals surface area (Å²) in [6.07, 6.45) is 0. The van der Waals surface area contributed by atoms with Gasteiger partial charge in [-0.25, -0.2) is 4.39 Å². The number of halogens is 1. The Hall–Kier alpha value is -2.29. The Balaban J connectivity index is 1.85. The van der Waals surface area contributed by atoms with E-state index in [0.29, 0.717) is 6.54 Å². The molecular weight excluding hydrogens is 241 g/mol. The van der Waals surface area contributed by atoms with E-state index in [4.69, 9.17) is 4.42 Å². The number of nitrogens with one attached hydrogen (secondary N) is 1. The number of aryl methyl sites for hydroxylation is 1. The predicted molar refractivity (Wildman–Crippen MR) is 74.7 cm³/mol. The Morgan fingerprint density at radius 3 is 2.58 bits per heavy atom. The first-order valence-electron chi connectivity index (χ1n) is 6.20. The summed E-state index contributed by atoms with van der Waals surface area (Å²) >= 11 is 0. The van der Waals surface area contributed by atoms with Crippen molar-refractivity contribution in [3.05, 3.63) is 65.7 Å². The summed E-state index contributed by atoms with van der Waals surface area (Å²) in [6.45, 7) is 2.62. The van der Waals surface area contributed by atoms with Crippen molar-refractivity contribution >= 4 is 16.7 Å². The third-order valence-corrected chi connectivity index (χ3v) is 3.21. The summed E-state index contributed by atoms with van der Waals surface area (Å²) in [5, 5.41) is 4.40. The Labute approximate surface area is 110 Å². The first kappa shape index (κ1) is 11.8. The Bertz CT molecular complexity index is 700. The van der Waals surface area contributed by atoms with Gasteiger partial charge < -0.3 is 9.73 Å². The zero-order chi connectivity index (χ0) is 13.2. The molecule has 1 aromatic heterocycles. The number of fused-ring (bicyclic) bond motifs is 1. The van der Waals surface area contributed by atoms with Gasteiger partial charge in [0, 0.05) is 23.2 Å². The van der Waals surface area contributed by atoms with Crippen LogP contribution >= 0.6 is 0 Å². The summed E-state index contributed by atoms with van der Waals surface area (Å²) in [5.41, 5.74) is 2.93. The molecule has 0 radical (unpaired) electrons. The van der Waals surface area contributed by atoms with Gasteiger partial charge in [-0.15, -0.1) is 0 Å². The highest BCUT2D eigenvalue weighted by Gasteiger charge is 2.09. The summed E-state index contributed by atoms with van der Waals surface area (Å²) < 4.78 is 18.5. The van der Waals surface area contributed by atoms with Crippen molar-refractivity contribution in [1.29, 1.82) is 0 Å². The van der Waals surface area contributed by atoms with E-state index in [-0.39, 0.29) is 5.82 Å². The molecule has 0 fully saturated rings. The summed E-state index contributed by atoms with van der Waals surface area (Å²) in [6, 6.07) is 14.3. The zero-order valence-electron chi connectivity index (χ0n) is 10.6. The lowest BCUT2D eigenvalue weighted by molar-refractivity contribution is 0.573. The second-order valence-electron chi connectivity index (χ2n) is 4.49. The minimum absolute atomic E-state index is 0.226. The van der Waals surface area contributed by atoms with Crippen LogP contribution < -0.4 is 5.32 Å².